The number of hydrogen-bond donors (Lipinski definition) is 1. The highest BCUT2D eigenvalue weighted by Crippen LogP contribution is 2.29. The lowest BCUT2D eigenvalue weighted by atomic mass is 10.1. The molecule has 1 aromatic heterocycles. The second-order valence-corrected chi connectivity index (χ2v) is 4.81. The first-order valence-corrected chi connectivity index (χ1v) is 6.77. The first kappa shape index (κ1) is 14.5. The summed E-state index contributed by atoms with van der Waals surface area (Å²) in [6.07, 6.45) is 0. The van der Waals surface area contributed by atoms with E-state index < -0.39 is 0 Å². The van der Waals surface area contributed by atoms with E-state index in [-0.39, 0.29) is 5.82 Å². The van der Waals surface area contributed by atoms with Crippen LogP contribution in [0.3, 0.4) is 0 Å². The van der Waals surface area contributed by atoms with E-state index in [2.05, 4.69) is 4.98 Å². The molecule has 0 spiro atoms. The van der Waals surface area contributed by atoms with Crippen molar-refractivity contribution in [2.24, 2.45) is 5.73 Å². The molecule has 0 saturated carbocycles. The van der Waals surface area contributed by atoms with Crippen LogP contribution in [0.1, 0.15) is 23.7 Å². The number of rotatable bonds is 4. The molecule has 1 heterocycles. The molecular formula is C16H20FN3. The van der Waals surface area contributed by atoms with Crippen molar-refractivity contribution >= 4 is 11.5 Å². The summed E-state index contributed by atoms with van der Waals surface area (Å²) < 4.78 is 13.4. The van der Waals surface area contributed by atoms with Crippen LogP contribution in [0, 0.1) is 19.7 Å². The highest BCUT2D eigenvalue weighted by Gasteiger charge is 2.15. The van der Waals surface area contributed by atoms with Gasteiger partial charge in [-0.2, -0.15) is 0 Å². The molecule has 0 aliphatic carbocycles. The number of halogens is 1. The Morgan fingerprint density at radius 3 is 2.60 bits per heavy atom. The van der Waals surface area contributed by atoms with Gasteiger partial charge >= 0.3 is 0 Å². The lowest BCUT2D eigenvalue weighted by molar-refractivity contribution is 0.627. The minimum atomic E-state index is -0.250. The van der Waals surface area contributed by atoms with E-state index in [1.807, 2.05) is 37.8 Å². The van der Waals surface area contributed by atoms with Crippen molar-refractivity contribution in [3.63, 3.8) is 0 Å². The van der Waals surface area contributed by atoms with E-state index >= 15 is 0 Å². The van der Waals surface area contributed by atoms with Crippen molar-refractivity contribution in [1.29, 1.82) is 0 Å². The van der Waals surface area contributed by atoms with Crippen LogP contribution in [-0.2, 0) is 6.54 Å². The summed E-state index contributed by atoms with van der Waals surface area (Å²) in [6, 6.07) is 8.56. The molecule has 2 aromatic rings. The zero-order valence-electron chi connectivity index (χ0n) is 12.2. The Morgan fingerprint density at radius 1 is 1.25 bits per heavy atom. The minimum Gasteiger partial charge on any atom is -0.326 e. The summed E-state index contributed by atoms with van der Waals surface area (Å²) >= 11 is 0. The molecule has 0 saturated heterocycles. The molecule has 2 rings (SSSR count). The van der Waals surface area contributed by atoms with E-state index in [1.54, 1.807) is 6.07 Å². The van der Waals surface area contributed by atoms with Crippen LogP contribution in [-0.4, -0.2) is 11.5 Å². The maximum absolute atomic E-state index is 13.4. The van der Waals surface area contributed by atoms with Gasteiger partial charge in [-0.1, -0.05) is 6.07 Å². The lowest BCUT2D eigenvalue weighted by Gasteiger charge is -2.25. The quantitative estimate of drug-likeness (QED) is 0.927. The van der Waals surface area contributed by atoms with E-state index in [9.17, 15) is 4.39 Å². The number of hydrogen-bond acceptors (Lipinski definition) is 3. The molecule has 0 aliphatic heterocycles. The molecule has 0 unspecified atom stereocenters. The van der Waals surface area contributed by atoms with Gasteiger partial charge in [-0.05, 0) is 50.6 Å². The number of nitrogens with two attached hydrogens (primary N) is 1. The minimum absolute atomic E-state index is 0.250. The second-order valence-electron chi connectivity index (χ2n) is 4.81. The number of pyridine rings is 1. The van der Waals surface area contributed by atoms with E-state index in [4.69, 9.17) is 5.73 Å². The van der Waals surface area contributed by atoms with E-state index in [0.29, 0.717) is 13.1 Å². The van der Waals surface area contributed by atoms with Crippen molar-refractivity contribution in [2.75, 3.05) is 11.4 Å². The van der Waals surface area contributed by atoms with Crippen LogP contribution in [0.4, 0.5) is 15.9 Å². The van der Waals surface area contributed by atoms with Crippen LogP contribution in [0.5, 0.6) is 0 Å². The van der Waals surface area contributed by atoms with Gasteiger partial charge in [-0.15, -0.1) is 0 Å². The molecule has 3 nitrogen and oxygen atoms in total. The summed E-state index contributed by atoms with van der Waals surface area (Å²) in [6.45, 7) is 7.12. The first-order chi connectivity index (χ1) is 9.56. The highest BCUT2D eigenvalue weighted by atomic mass is 19.1. The smallest absolute Gasteiger partial charge is 0.138 e. The normalized spacial score (nSPS) is 10.7. The summed E-state index contributed by atoms with van der Waals surface area (Å²) in [4.78, 5) is 6.60. The molecule has 106 valence electrons. The molecule has 0 fully saturated rings. The molecule has 2 N–H and O–H groups in total. The third-order valence-electron chi connectivity index (χ3n) is 3.35. The first-order valence-electron chi connectivity index (χ1n) is 6.77. The molecule has 0 radical (unpaired) electrons. The average molecular weight is 273 g/mol. The van der Waals surface area contributed by atoms with E-state index in [1.165, 1.54) is 12.1 Å². The maximum Gasteiger partial charge on any atom is 0.138 e. The van der Waals surface area contributed by atoms with Gasteiger partial charge in [0.15, 0.2) is 0 Å². The fourth-order valence-electron chi connectivity index (χ4n) is 2.42. The predicted molar refractivity (Wildman–Crippen MR) is 80.7 cm³/mol. The van der Waals surface area contributed by atoms with Gasteiger partial charge in [0, 0.05) is 30.0 Å². The number of aryl methyl sites for hydroxylation is 2. The summed E-state index contributed by atoms with van der Waals surface area (Å²) in [5.41, 5.74) is 9.70. The third-order valence-corrected chi connectivity index (χ3v) is 3.35. The Kier molecular flexibility index (Phi) is 4.35. The SMILES string of the molecule is CCN(c1cccc(F)c1)c1nc(C)cc(C)c1CN. The van der Waals surface area contributed by atoms with Gasteiger partial charge < -0.3 is 10.6 Å². The number of benzene rings is 1. The largest absolute Gasteiger partial charge is 0.326 e. The molecule has 0 bridgehead atoms. The van der Waals surface area contributed by atoms with Gasteiger partial charge in [0.1, 0.15) is 11.6 Å². The summed E-state index contributed by atoms with van der Waals surface area (Å²) in [5, 5.41) is 0. The zero-order chi connectivity index (χ0) is 14.7. The molecular weight excluding hydrogens is 253 g/mol. The van der Waals surface area contributed by atoms with Crippen molar-refractivity contribution in [2.45, 2.75) is 27.3 Å². The monoisotopic (exact) mass is 273 g/mol. The highest BCUT2D eigenvalue weighted by molar-refractivity contribution is 5.64. The van der Waals surface area contributed by atoms with Crippen LogP contribution in [0.15, 0.2) is 30.3 Å². The lowest BCUT2D eigenvalue weighted by Crippen LogP contribution is -2.21. The molecule has 1 aromatic carbocycles. The van der Waals surface area contributed by atoms with Gasteiger partial charge in [0.05, 0.1) is 0 Å². The predicted octanol–water partition coefficient (Wildman–Crippen LogP) is 3.45. The molecule has 0 aliphatic rings. The van der Waals surface area contributed by atoms with Gasteiger partial charge in [-0.3, -0.25) is 0 Å². The maximum atomic E-state index is 13.4. The van der Waals surface area contributed by atoms with Crippen LogP contribution in [0.25, 0.3) is 0 Å². The Morgan fingerprint density at radius 2 is 2.00 bits per heavy atom. The van der Waals surface area contributed by atoms with Crippen molar-refractivity contribution in [1.82, 2.24) is 4.98 Å². The zero-order valence-corrected chi connectivity index (χ0v) is 12.2. The molecule has 20 heavy (non-hydrogen) atoms. The molecule has 4 heteroatoms. The standard InChI is InChI=1S/C16H20FN3/c1-4-20(14-7-5-6-13(17)9-14)16-15(10-18)11(2)8-12(3)19-16/h5-9H,4,10,18H2,1-3H3. The van der Waals surface area contributed by atoms with Crippen molar-refractivity contribution < 1.29 is 4.39 Å². The van der Waals surface area contributed by atoms with E-state index in [0.717, 1.165) is 28.3 Å². The fraction of sp³-hybridized carbons (Fsp3) is 0.312. The average Bonchev–Trinajstić information content (AvgIpc) is 2.39. The van der Waals surface area contributed by atoms with Crippen LogP contribution >= 0.6 is 0 Å². The number of aromatic nitrogens is 1. The number of nitrogens with zero attached hydrogens (tertiary/aromatic N) is 2. The Bertz CT molecular complexity index is 611. The Balaban J connectivity index is 2.57. The topological polar surface area (TPSA) is 42.2 Å². The second kappa shape index (κ2) is 6.01. The number of anilines is 2. The summed E-state index contributed by atoms with van der Waals surface area (Å²) in [7, 11) is 0. The summed E-state index contributed by atoms with van der Waals surface area (Å²) in [5.74, 6) is 0.567. The van der Waals surface area contributed by atoms with Crippen LogP contribution in [0.2, 0.25) is 0 Å². The Labute approximate surface area is 119 Å². The van der Waals surface area contributed by atoms with Gasteiger partial charge in [-0.25, -0.2) is 9.37 Å². The van der Waals surface area contributed by atoms with Crippen molar-refractivity contribution in [3.8, 4) is 0 Å². The van der Waals surface area contributed by atoms with Gasteiger partial charge in [0.25, 0.3) is 0 Å². The molecule has 0 atom stereocenters. The van der Waals surface area contributed by atoms with Gasteiger partial charge in [0.2, 0.25) is 0 Å². The fourth-order valence-corrected chi connectivity index (χ4v) is 2.42. The van der Waals surface area contributed by atoms with Crippen molar-refractivity contribution in [3.05, 3.63) is 53.0 Å². The van der Waals surface area contributed by atoms with Crippen LogP contribution < -0.4 is 10.6 Å². The molecule has 0 amide bonds. The third kappa shape index (κ3) is 2.80. The Hall–Kier alpha value is -1.94.